The van der Waals surface area contributed by atoms with E-state index >= 15 is 0 Å². The third-order valence-electron chi connectivity index (χ3n) is 4.71. The highest BCUT2D eigenvalue weighted by Gasteiger charge is 2.35. The Kier molecular flexibility index (Phi) is 5.23. The lowest BCUT2D eigenvalue weighted by atomic mass is 10.1. The molecule has 1 saturated heterocycles. The van der Waals surface area contributed by atoms with Gasteiger partial charge in [-0.3, -0.25) is 4.79 Å². The molecule has 1 fully saturated rings. The van der Waals surface area contributed by atoms with Crippen molar-refractivity contribution >= 4 is 15.7 Å². The largest absolute Gasteiger partial charge is 0.330 e. The lowest BCUT2D eigenvalue weighted by Gasteiger charge is -2.28. The van der Waals surface area contributed by atoms with Gasteiger partial charge in [0.2, 0.25) is 0 Å². The summed E-state index contributed by atoms with van der Waals surface area (Å²) in [6, 6.07) is 17.0. The van der Waals surface area contributed by atoms with Crippen LogP contribution in [0.5, 0.6) is 0 Å². The van der Waals surface area contributed by atoms with Gasteiger partial charge in [-0.05, 0) is 36.1 Å². The van der Waals surface area contributed by atoms with Gasteiger partial charge in [0.05, 0.1) is 11.5 Å². The van der Waals surface area contributed by atoms with Gasteiger partial charge in [-0.25, -0.2) is 8.42 Å². The smallest absolute Gasteiger partial charge is 0.254 e. The summed E-state index contributed by atoms with van der Waals surface area (Å²) >= 11 is 0. The molecule has 1 atom stereocenters. The molecule has 5 heteroatoms. The van der Waals surface area contributed by atoms with Crippen molar-refractivity contribution < 1.29 is 13.2 Å². The molecule has 4 nitrogen and oxygen atoms in total. The zero-order chi connectivity index (χ0) is 17.9. The maximum atomic E-state index is 13.0. The predicted octanol–water partition coefficient (Wildman–Crippen LogP) is 3.08. The number of hydrogen-bond donors (Lipinski definition) is 0. The summed E-state index contributed by atoms with van der Waals surface area (Å²) in [6.45, 7) is 2.53. The van der Waals surface area contributed by atoms with Gasteiger partial charge in [-0.2, -0.15) is 0 Å². The molecular formula is C20H23NO3S. The first-order valence-corrected chi connectivity index (χ1v) is 10.4. The van der Waals surface area contributed by atoms with E-state index in [9.17, 15) is 13.2 Å². The van der Waals surface area contributed by atoms with Crippen LogP contribution in [0.2, 0.25) is 0 Å². The van der Waals surface area contributed by atoms with Crippen molar-refractivity contribution in [3.05, 3.63) is 71.3 Å². The van der Waals surface area contributed by atoms with Crippen LogP contribution in [0.25, 0.3) is 0 Å². The van der Waals surface area contributed by atoms with E-state index in [-0.39, 0.29) is 23.5 Å². The lowest BCUT2D eigenvalue weighted by molar-refractivity contribution is 0.0681. The summed E-state index contributed by atoms with van der Waals surface area (Å²) in [6.07, 6.45) is 1.47. The van der Waals surface area contributed by atoms with Crippen LogP contribution in [0.1, 0.15) is 34.8 Å². The second-order valence-electron chi connectivity index (χ2n) is 6.53. The molecule has 1 amide bonds. The van der Waals surface area contributed by atoms with Gasteiger partial charge in [0.1, 0.15) is 0 Å². The van der Waals surface area contributed by atoms with Gasteiger partial charge < -0.3 is 4.90 Å². The fourth-order valence-corrected chi connectivity index (χ4v) is 4.94. The summed E-state index contributed by atoms with van der Waals surface area (Å²) in [5, 5.41) is 0. The number of rotatable bonds is 5. The van der Waals surface area contributed by atoms with Crippen molar-refractivity contribution in [2.24, 2.45) is 0 Å². The van der Waals surface area contributed by atoms with Gasteiger partial charge in [0.25, 0.3) is 5.91 Å². The first-order chi connectivity index (χ1) is 12.0. The minimum Gasteiger partial charge on any atom is -0.330 e. The molecule has 2 aromatic rings. The Morgan fingerprint density at radius 3 is 2.24 bits per heavy atom. The van der Waals surface area contributed by atoms with Crippen molar-refractivity contribution in [2.45, 2.75) is 32.4 Å². The summed E-state index contributed by atoms with van der Waals surface area (Å²) in [7, 11) is -3.05. The molecule has 132 valence electrons. The second kappa shape index (κ2) is 7.40. The minimum absolute atomic E-state index is 0.0542. The molecular weight excluding hydrogens is 334 g/mol. The van der Waals surface area contributed by atoms with Gasteiger partial charge >= 0.3 is 0 Å². The SMILES string of the molecule is CCc1ccc(CN(C(=O)c2ccccc2)[C@H]2CCS(=O)(=O)C2)cc1. The average Bonchev–Trinajstić information content (AvgIpc) is 3.00. The fraction of sp³-hybridized carbons (Fsp3) is 0.350. The zero-order valence-corrected chi connectivity index (χ0v) is 15.2. The van der Waals surface area contributed by atoms with Crippen molar-refractivity contribution in [2.75, 3.05) is 11.5 Å². The third-order valence-corrected chi connectivity index (χ3v) is 6.47. The summed E-state index contributed by atoms with van der Waals surface area (Å²) in [4.78, 5) is 14.7. The van der Waals surface area contributed by atoms with Gasteiger partial charge in [0, 0.05) is 18.2 Å². The molecule has 0 saturated carbocycles. The highest BCUT2D eigenvalue weighted by Crippen LogP contribution is 2.22. The number of hydrogen-bond acceptors (Lipinski definition) is 3. The molecule has 0 aromatic heterocycles. The van der Waals surface area contributed by atoms with Gasteiger partial charge in [-0.15, -0.1) is 0 Å². The van der Waals surface area contributed by atoms with E-state index in [1.807, 2.05) is 30.3 Å². The van der Waals surface area contributed by atoms with Crippen LogP contribution in [-0.2, 0) is 22.8 Å². The highest BCUT2D eigenvalue weighted by atomic mass is 32.2. The van der Waals surface area contributed by atoms with Gasteiger partial charge in [-0.1, -0.05) is 49.4 Å². The Bertz CT molecular complexity index is 829. The van der Waals surface area contributed by atoms with Crippen LogP contribution in [0.4, 0.5) is 0 Å². The number of carbonyl (C=O) groups is 1. The molecule has 2 aromatic carbocycles. The van der Waals surface area contributed by atoms with E-state index in [0.29, 0.717) is 18.5 Å². The molecule has 0 aliphatic carbocycles. The average molecular weight is 357 g/mol. The number of benzene rings is 2. The van der Waals surface area contributed by atoms with E-state index in [0.717, 1.165) is 12.0 Å². The van der Waals surface area contributed by atoms with Crippen LogP contribution in [0, 0.1) is 0 Å². The maximum Gasteiger partial charge on any atom is 0.254 e. The maximum absolute atomic E-state index is 13.0. The van der Waals surface area contributed by atoms with E-state index in [4.69, 9.17) is 0 Å². The highest BCUT2D eigenvalue weighted by molar-refractivity contribution is 7.91. The Morgan fingerprint density at radius 1 is 1.04 bits per heavy atom. The number of nitrogens with zero attached hydrogens (tertiary/aromatic N) is 1. The van der Waals surface area contributed by atoms with Crippen LogP contribution < -0.4 is 0 Å². The Morgan fingerprint density at radius 2 is 1.68 bits per heavy atom. The minimum atomic E-state index is -3.05. The van der Waals surface area contributed by atoms with Crippen molar-refractivity contribution in [1.82, 2.24) is 4.90 Å². The molecule has 0 bridgehead atoms. The lowest BCUT2D eigenvalue weighted by Crippen LogP contribution is -2.40. The van der Waals surface area contributed by atoms with Crippen LogP contribution in [0.15, 0.2) is 54.6 Å². The normalized spacial score (nSPS) is 18.8. The molecule has 25 heavy (non-hydrogen) atoms. The van der Waals surface area contributed by atoms with Crippen molar-refractivity contribution in [1.29, 1.82) is 0 Å². The molecule has 3 rings (SSSR count). The quantitative estimate of drug-likeness (QED) is 0.826. The zero-order valence-electron chi connectivity index (χ0n) is 14.4. The number of carbonyl (C=O) groups excluding carboxylic acids is 1. The molecule has 0 N–H and O–H groups in total. The predicted molar refractivity (Wildman–Crippen MR) is 99.2 cm³/mol. The Labute approximate surface area is 149 Å². The van der Waals surface area contributed by atoms with Crippen LogP contribution in [-0.4, -0.2) is 36.8 Å². The van der Waals surface area contributed by atoms with E-state index < -0.39 is 9.84 Å². The molecule has 1 aliphatic heterocycles. The van der Waals surface area contributed by atoms with E-state index in [2.05, 4.69) is 19.1 Å². The fourth-order valence-electron chi connectivity index (χ4n) is 3.21. The van der Waals surface area contributed by atoms with Gasteiger partial charge in [0.15, 0.2) is 9.84 Å². The first-order valence-electron chi connectivity index (χ1n) is 8.63. The first kappa shape index (κ1) is 17.7. The molecule has 0 unspecified atom stereocenters. The monoisotopic (exact) mass is 357 g/mol. The Hall–Kier alpha value is -2.14. The van der Waals surface area contributed by atoms with Crippen LogP contribution >= 0.6 is 0 Å². The molecule has 0 spiro atoms. The molecule has 1 heterocycles. The van der Waals surface area contributed by atoms with E-state index in [1.165, 1.54) is 5.56 Å². The topological polar surface area (TPSA) is 54.5 Å². The summed E-state index contributed by atoms with van der Waals surface area (Å²) in [5.74, 6) is 0.103. The standard InChI is InChI=1S/C20H23NO3S/c1-2-16-8-10-17(11-9-16)14-21(19-12-13-25(23,24)15-19)20(22)18-6-4-3-5-7-18/h3-11,19H,2,12-15H2,1H3/t19-/m0/s1. The third kappa shape index (κ3) is 4.28. The van der Waals surface area contributed by atoms with Crippen LogP contribution in [0.3, 0.4) is 0 Å². The summed E-state index contributed by atoms with van der Waals surface area (Å²) < 4.78 is 23.8. The molecule has 1 aliphatic rings. The van der Waals surface area contributed by atoms with Crippen molar-refractivity contribution in [3.63, 3.8) is 0 Å². The Balaban J connectivity index is 1.87. The van der Waals surface area contributed by atoms with E-state index in [1.54, 1.807) is 17.0 Å². The molecule has 0 radical (unpaired) electrons. The summed E-state index contributed by atoms with van der Waals surface area (Å²) in [5.41, 5.74) is 2.86. The number of aryl methyl sites for hydroxylation is 1. The number of amides is 1. The second-order valence-corrected chi connectivity index (χ2v) is 8.75. The van der Waals surface area contributed by atoms with Crippen molar-refractivity contribution in [3.8, 4) is 0 Å². The number of sulfone groups is 1.